The van der Waals surface area contributed by atoms with Gasteiger partial charge in [0.25, 0.3) is 5.91 Å². The van der Waals surface area contributed by atoms with Gasteiger partial charge in [0, 0.05) is 17.0 Å². The molecule has 2 aromatic rings. The van der Waals surface area contributed by atoms with Crippen LogP contribution in [0.25, 0.3) is 0 Å². The SMILES string of the molecule is COc1ccccc1C[C@]1(C)NC(=O)N(Cc2c(F)cccc2Cl)C1=O. The van der Waals surface area contributed by atoms with E-state index in [-0.39, 0.29) is 23.6 Å². The van der Waals surface area contributed by atoms with E-state index in [1.54, 1.807) is 20.1 Å². The van der Waals surface area contributed by atoms with E-state index in [0.717, 1.165) is 10.5 Å². The Morgan fingerprint density at radius 2 is 1.92 bits per heavy atom. The third-order valence-corrected chi connectivity index (χ3v) is 4.81. The molecule has 1 saturated heterocycles. The number of para-hydroxylation sites is 1. The molecule has 7 heteroatoms. The van der Waals surface area contributed by atoms with Crippen LogP contribution in [0.2, 0.25) is 5.02 Å². The lowest BCUT2D eigenvalue weighted by molar-refractivity contribution is -0.131. The van der Waals surface area contributed by atoms with Crippen molar-refractivity contribution in [1.29, 1.82) is 0 Å². The molecular weight excluding hydrogens is 359 g/mol. The second kappa shape index (κ2) is 6.96. The molecule has 0 radical (unpaired) electrons. The Labute approximate surface area is 155 Å². The van der Waals surface area contributed by atoms with E-state index >= 15 is 0 Å². The third kappa shape index (κ3) is 3.24. The minimum Gasteiger partial charge on any atom is -0.496 e. The van der Waals surface area contributed by atoms with Crippen molar-refractivity contribution >= 4 is 23.5 Å². The molecule has 1 heterocycles. The summed E-state index contributed by atoms with van der Waals surface area (Å²) in [6.07, 6.45) is 0.253. The number of rotatable bonds is 5. The topological polar surface area (TPSA) is 58.6 Å². The second-order valence-corrected chi connectivity index (χ2v) is 6.75. The average molecular weight is 377 g/mol. The predicted molar refractivity (Wildman–Crippen MR) is 95.6 cm³/mol. The molecule has 26 heavy (non-hydrogen) atoms. The Balaban J connectivity index is 1.86. The van der Waals surface area contributed by atoms with Crippen molar-refractivity contribution < 1.29 is 18.7 Å². The van der Waals surface area contributed by atoms with E-state index in [4.69, 9.17) is 16.3 Å². The molecular formula is C19H18ClFN2O3. The van der Waals surface area contributed by atoms with Gasteiger partial charge in [-0.2, -0.15) is 0 Å². The van der Waals surface area contributed by atoms with Gasteiger partial charge in [-0.15, -0.1) is 0 Å². The smallest absolute Gasteiger partial charge is 0.325 e. The molecule has 3 amide bonds. The summed E-state index contributed by atoms with van der Waals surface area (Å²) >= 11 is 6.02. The van der Waals surface area contributed by atoms with Crippen LogP contribution in [0.15, 0.2) is 42.5 Å². The summed E-state index contributed by atoms with van der Waals surface area (Å²) in [7, 11) is 1.54. The molecule has 0 aromatic heterocycles. The summed E-state index contributed by atoms with van der Waals surface area (Å²) in [5.41, 5.74) is -0.250. The summed E-state index contributed by atoms with van der Waals surface area (Å²) in [4.78, 5) is 26.3. The number of nitrogens with one attached hydrogen (secondary N) is 1. The Kier molecular flexibility index (Phi) is 4.87. The van der Waals surface area contributed by atoms with Gasteiger partial charge >= 0.3 is 6.03 Å². The van der Waals surface area contributed by atoms with Gasteiger partial charge in [0.1, 0.15) is 17.1 Å². The molecule has 0 aliphatic carbocycles. The van der Waals surface area contributed by atoms with Gasteiger partial charge in [-0.25, -0.2) is 9.18 Å². The van der Waals surface area contributed by atoms with Gasteiger partial charge in [0.15, 0.2) is 0 Å². The minimum atomic E-state index is -1.15. The normalized spacial score (nSPS) is 19.6. The fourth-order valence-electron chi connectivity index (χ4n) is 3.08. The number of carbonyl (C=O) groups excluding carboxylic acids is 2. The van der Waals surface area contributed by atoms with Crippen molar-refractivity contribution in [3.8, 4) is 5.75 Å². The fraction of sp³-hybridized carbons (Fsp3) is 0.263. The van der Waals surface area contributed by atoms with E-state index in [9.17, 15) is 14.0 Å². The highest BCUT2D eigenvalue weighted by Gasteiger charge is 2.48. The number of methoxy groups -OCH3 is 1. The lowest BCUT2D eigenvalue weighted by Crippen LogP contribution is -2.46. The largest absolute Gasteiger partial charge is 0.496 e. The maximum Gasteiger partial charge on any atom is 0.325 e. The van der Waals surface area contributed by atoms with Gasteiger partial charge < -0.3 is 10.1 Å². The first-order valence-corrected chi connectivity index (χ1v) is 8.42. The molecule has 2 aromatic carbocycles. The molecule has 1 atom stereocenters. The van der Waals surface area contributed by atoms with Crippen molar-refractivity contribution in [2.45, 2.75) is 25.4 Å². The molecule has 0 bridgehead atoms. The number of imide groups is 1. The highest BCUT2D eigenvalue weighted by molar-refractivity contribution is 6.31. The maximum atomic E-state index is 14.0. The first-order chi connectivity index (χ1) is 12.4. The summed E-state index contributed by atoms with van der Waals surface area (Å²) in [6.45, 7) is 1.42. The molecule has 0 unspecified atom stereocenters. The van der Waals surface area contributed by atoms with Crippen LogP contribution in [0.1, 0.15) is 18.1 Å². The quantitative estimate of drug-likeness (QED) is 0.812. The Hall–Kier alpha value is -2.60. The summed E-state index contributed by atoms with van der Waals surface area (Å²) in [5, 5.41) is 2.88. The van der Waals surface area contributed by atoms with Crippen molar-refractivity contribution in [2.24, 2.45) is 0 Å². The predicted octanol–water partition coefficient (Wildman–Crippen LogP) is 3.54. The Bertz CT molecular complexity index is 853. The zero-order valence-corrected chi connectivity index (χ0v) is 15.1. The van der Waals surface area contributed by atoms with Gasteiger partial charge in [-0.1, -0.05) is 35.9 Å². The van der Waals surface area contributed by atoms with Crippen LogP contribution in [0.4, 0.5) is 9.18 Å². The Morgan fingerprint density at radius 1 is 1.19 bits per heavy atom. The second-order valence-electron chi connectivity index (χ2n) is 6.34. The van der Waals surface area contributed by atoms with Crippen molar-refractivity contribution in [3.63, 3.8) is 0 Å². The number of benzene rings is 2. The van der Waals surface area contributed by atoms with Crippen molar-refractivity contribution in [3.05, 3.63) is 64.4 Å². The lowest BCUT2D eigenvalue weighted by atomic mass is 9.92. The molecule has 5 nitrogen and oxygen atoms in total. The van der Waals surface area contributed by atoms with Gasteiger partial charge in [-0.3, -0.25) is 9.69 Å². The molecule has 1 fully saturated rings. The summed E-state index contributed by atoms with van der Waals surface area (Å²) in [5.74, 6) is -0.365. The first kappa shape index (κ1) is 18.2. The number of carbonyl (C=O) groups is 2. The van der Waals surface area contributed by atoms with E-state index in [1.165, 1.54) is 18.2 Å². The highest BCUT2D eigenvalue weighted by Crippen LogP contribution is 2.29. The zero-order valence-electron chi connectivity index (χ0n) is 14.4. The maximum absolute atomic E-state index is 14.0. The van der Waals surface area contributed by atoms with Crippen molar-refractivity contribution in [2.75, 3.05) is 7.11 Å². The number of urea groups is 1. The van der Waals surface area contributed by atoms with E-state index < -0.39 is 23.3 Å². The summed E-state index contributed by atoms with van der Waals surface area (Å²) in [6, 6.07) is 10.9. The fourth-order valence-corrected chi connectivity index (χ4v) is 3.30. The lowest BCUT2D eigenvalue weighted by Gasteiger charge is -2.23. The van der Waals surface area contributed by atoms with Crippen LogP contribution in [0.5, 0.6) is 5.75 Å². The van der Waals surface area contributed by atoms with Crippen LogP contribution in [-0.2, 0) is 17.8 Å². The standard InChI is InChI=1S/C19H18ClFN2O3/c1-19(10-12-6-3-4-9-16(12)26-2)17(24)23(18(25)22-19)11-13-14(20)7-5-8-15(13)21/h3-9H,10-11H2,1-2H3,(H,22,25)/t19-/m0/s1. The number of amides is 3. The number of halogens is 2. The van der Waals surface area contributed by atoms with Crippen LogP contribution < -0.4 is 10.1 Å². The van der Waals surface area contributed by atoms with E-state index in [1.807, 2.05) is 18.2 Å². The van der Waals surface area contributed by atoms with Crippen LogP contribution >= 0.6 is 11.6 Å². The number of ether oxygens (including phenoxy) is 1. The molecule has 1 N–H and O–H groups in total. The molecule has 3 rings (SSSR count). The third-order valence-electron chi connectivity index (χ3n) is 4.46. The zero-order chi connectivity index (χ0) is 18.9. The number of hydrogen-bond donors (Lipinski definition) is 1. The van der Waals surface area contributed by atoms with E-state index in [2.05, 4.69) is 5.32 Å². The van der Waals surface area contributed by atoms with E-state index in [0.29, 0.717) is 5.75 Å². The molecule has 1 aliphatic heterocycles. The molecule has 0 spiro atoms. The van der Waals surface area contributed by atoms with Gasteiger partial charge in [-0.05, 0) is 30.7 Å². The first-order valence-electron chi connectivity index (χ1n) is 8.04. The highest BCUT2D eigenvalue weighted by atomic mass is 35.5. The molecule has 136 valence electrons. The molecule has 0 saturated carbocycles. The Morgan fingerprint density at radius 3 is 2.62 bits per heavy atom. The number of nitrogens with zero attached hydrogens (tertiary/aromatic N) is 1. The van der Waals surface area contributed by atoms with Crippen LogP contribution in [0.3, 0.4) is 0 Å². The number of hydrogen-bond acceptors (Lipinski definition) is 3. The van der Waals surface area contributed by atoms with Crippen LogP contribution in [-0.4, -0.2) is 29.5 Å². The monoisotopic (exact) mass is 376 g/mol. The van der Waals surface area contributed by atoms with Gasteiger partial charge in [0.2, 0.25) is 0 Å². The summed E-state index contributed by atoms with van der Waals surface area (Å²) < 4.78 is 19.3. The molecule has 1 aliphatic rings. The van der Waals surface area contributed by atoms with Gasteiger partial charge in [0.05, 0.1) is 13.7 Å². The average Bonchev–Trinajstić information content (AvgIpc) is 2.81. The van der Waals surface area contributed by atoms with Crippen molar-refractivity contribution in [1.82, 2.24) is 10.2 Å². The minimum absolute atomic E-state index is 0.110. The van der Waals surface area contributed by atoms with Crippen LogP contribution in [0, 0.1) is 5.82 Å².